The molecular weight excluding hydrogens is 547 g/mol. The Morgan fingerprint density at radius 2 is 1.44 bits per heavy atom. The molecule has 1 aliphatic heterocycles. The van der Waals surface area contributed by atoms with Gasteiger partial charge in [0.1, 0.15) is 11.4 Å². The lowest BCUT2D eigenvalue weighted by molar-refractivity contribution is 0.121. The third-order valence-corrected chi connectivity index (χ3v) is 6.90. The molecule has 0 aliphatic carbocycles. The predicted octanol–water partition coefficient (Wildman–Crippen LogP) is 9.76. The molecule has 4 rings (SSSR count). The molecule has 0 aromatic heterocycles. The van der Waals surface area contributed by atoms with Crippen molar-refractivity contribution in [2.75, 3.05) is 5.32 Å². The van der Waals surface area contributed by atoms with Crippen LogP contribution in [-0.4, -0.2) is 17.0 Å². The third-order valence-electron chi connectivity index (χ3n) is 6.90. The molecule has 0 radical (unpaired) electrons. The highest BCUT2D eigenvalue weighted by Gasteiger charge is 2.44. The Kier molecular flexibility index (Phi) is 11.4. The molecule has 7 heteroatoms. The molecule has 1 atom stereocenters. The molecule has 0 fully saturated rings. The van der Waals surface area contributed by atoms with Crippen LogP contribution >= 0.6 is 42.6 Å². The van der Waals surface area contributed by atoms with Gasteiger partial charge in [0.15, 0.2) is 0 Å². The van der Waals surface area contributed by atoms with E-state index in [1.165, 1.54) is 44.6 Å². The van der Waals surface area contributed by atoms with Gasteiger partial charge in [0, 0.05) is 17.8 Å². The van der Waals surface area contributed by atoms with Gasteiger partial charge in [0.2, 0.25) is 0 Å². The Bertz CT molecular complexity index is 1150. The fourth-order valence-corrected chi connectivity index (χ4v) is 4.99. The van der Waals surface area contributed by atoms with Gasteiger partial charge in [0.25, 0.3) is 0 Å². The minimum atomic E-state index is -1.72. The molecule has 36 heavy (non-hydrogen) atoms. The Balaban J connectivity index is 0.000000850. The normalized spacial score (nSPS) is 15.2. The molecule has 0 saturated carbocycles. The second kappa shape index (κ2) is 13.1. The first-order valence-corrected chi connectivity index (χ1v) is 17.3. The maximum atomic E-state index is 6.62. The van der Waals surface area contributed by atoms with Crippen LogP contribution in [0.4, 0.5) is 5.69 Å². The van der Waals surface area contributed by atoms with Crippen molar-refractivity contribution >= 4 is 59.6 Å². The highest BCUT2D eigenvalue weighted by molar-refractivity contribution is 7.54. The van der Waals surface area contributed by atoms with Gasteiger partial charge in [-0.15, -0.1) is 12.4 Å². The van der Waals surface area contributed by atoms with Gasteiger partial charge in [-0.3, -0.25) is 0 Å². The van der Waals surface area contributed by atoms with E-state index in [-0.39, 0.29) is 23.9 Å². The summed E-state index contributed by atoms with van der Waals surface area (Å²) in [7, 11) is 14.8. The van der Waals surface area contributed by atoms with Crippen molar-refractivity contribution < 1.29 is 4.74 Å². The maximum Gasteiger partial charge on any atom is 0.643 e. The molecule has 0 saturated heterocycles. The van der Waals surface area contributed by atoms with Crippen LogP contribution < -0.4 is 10.1 Å². The summed E-state index contributed by atoms with van der Waals surface area (Å²) >= 11 is -1.72. The average molecular weight is 583 g/mol. The number of fused-ring (bicyclic) bond motifs is 1. The van der Waals surface area contributed by atoms with Gasteiger partial charge in [-0.05, 0) is 73.9 Å². The summed E-state index contributed by atoms with van der Waals surface area (Å²) in [5.41, 5.74) is 10.1. The van der Waals surface area contributed by atoms with Crippen LogP contribution in [-0.2, 0) is 6.54 Å². The maximum absolute atomic E-state index is 6.62. The van der Waals surface area contributed by atoms with Crippen LogP contribution in [0.15, 0.2) is 54.6 Å². The molecule has 0 spiro atoms. The van der Waals surface area contributed by atoms with E-state index in [1.54, 1.807) is 0 Å². The van der Waals surface area contributed by atoms with Gasteiger partial charge >= 0.3 is 11.4 Å². The van der Waals surface area contributed by atoms with E-state index >= 15 is 0 Å². The van der Waals surface area contributed by atoms with Crippen LogP contribution in [0.2, 0.25) is 0 Å². The second-order valence-electron chi connectivity index (χ2n) is 10.0. The standard InChI is InChI=1S/C29H35NO.Al.4ClH/c1-18(2)23-13-15-24(16-14-23)26-25-21(5)27(30-17-22-11-9-8-10-12-22)19(3)20(4)28(25)31-29(26,6)7;;;;;/h8-16,18,26,30H,17H2,1-7H3;;4*1H/q;+3;;;;/p-3. The molecule has 0 bridgehead atoms. The van der Waals surface area contributed by atoms with Crippen LogP contribution in [0.1, 0.15) is 78.5 Å². The number of ether oxygens (including phenoxy) is 1. The van der Waals surface area contributed by atoms with Crippen LogP contribution in [0.5, 0.6) is 5.75 Å². The molecule has 1 heterocycles. The van der Waals surface area contributed by atoms with Crippen LogP contribution in [0, 0.1) is 20.8 Å². The third kappa shape index (κ3) is 7.08. The summed E-state index contributed by atoms with van der Waals surface area (Å²) in [6.07, 6.45) is 0. The Morgan fingerprint density at radius 3 is 1.97 bits per heavy atom. The smallest absolute Gasteiger partial charge is 0.486 e. The molecule has 3 aromatic rings. The van der Waals surface area contributed by atoms with Crippen molar-refractivity contribution in [2.24, 2.45) is 0 Å². The zero-order valence-electron chi connectivity index (χ0n) is 22.1. The summed E-state index contributed by atoms with van der Waals surface area (Å²) in [6.45, 7) is 16.4. The van der Waals surface area contributed by atoms with Gasteiger partial charge in [0.05, 0.1) is 5.92 Å². The monoisotopic (exact) mass is 581 g/mol. The quantitative estimate of drug-likeness (QED) is 0.302. The SMILES string of the molecule is Cc1c(C)c2c(c(C)c1NCc1ccccc1)C(c1ccc(C(C)C)cc1)C(C)(C)O2.Cl.[Cl][Al]([Cl])[Cl]. The summed E-state index contributed by atoms with van der Waals surface area (Å²) < 4.78 is 6.62. The van der Waals surface area contributed by atoms with Crippen molar-refractivity contribution in [2.45, 2.75) is 72.4 Å². The van der Waals surface area contributed by atoms with Gasteiger partial charge < -0.3 is 10.1 Å². The van der Waals surface area contributed by atoms with E-state index in [0.717, 1.165) is 12.3 Å². The Hall–Kier alpha value is -1.05. The number of rotatable bonds is 5. The van der Waals surface area contributed by atoms with E-state index in [4.69, 9.17) is 34.9 Å². The summed E-state index contributed by atoms with van der Waals surface area (Å²) in [5.74, 6) is 1.82. The van der Waals surface area contributed by atoms with Crippen molar-refractivity contribution in [1.82, 2.24) is 0 Å². The highest BCUT2D eigenvalue weighted by Crippen LogP contribution is 2.53. The zero-order valence-corrected chi connectivity index (χ0v) is 26.3. The molecular formula is C29H36AlCl4NO. The second-order valence-corrected chi connectivity index (χ2v) is 16.5. The lowest BCUT2D eigenvalue weighted by Gasteiger charge is -2.27. The summed E-state index contributed by atoms with van der Waals surface area (Å²) in [6, 6.07) is 19.7. The average Bonchev–Trinajstić information content (AvgIpc) is 3.09. The fourth-order valence-electron chi connectivity index (χ4n) is 4.99. The molecule has 0 amide bonds. The first-order chi connectivity index (χ1) is 16.4. The van der Waals surface area contributed by atoms with Crippen molar-refractivity contribution in [3.63, 3.8) is 0 Å². The molecule has 1 aliphatic rings. The Labute approximate surface area is 240 Å². The molecule has 1 unspecified atom stereocenters. The van der Waals surface area contributed by atoms with E-state index < -0.39 is 11.4 Å². The van der Waals surface area contributed by atoms with E-state index in [0.29, 0.717) is 5.92 Å². The highest BCUT2D eigenvalue weighted by atomic mass is 35.8. The first kappa shape index (κ1) is 31.2. The molecule has 3 aromatic carbocycles. The van der Waals surface area contributed by atoms with E-state index in [1.807, 2.05) is 0 Å². The van der Waals surface area contributed by atoms with E-state index in [9.17, 15) is 0 Å². The van der Waals surface area contributed by atoms with E-state index in [2.05, 4.69) is 108 Å². The number of halogens is 4. The van der Waals surface area contributed by atoms with Crippen molar-refractivity contribution in [3.05, 3.63) is 93.5 Å². The topological polar surface area (TPSA) is 21.3 Å². The predicted molar refractivity (Wildman–Crippen MR) is 162 cm³/mol. The summed E-state index contributed by atoms with van der Waals surface area (Å²) in [4.78, 5) is 0. The lowest BCUT2D eigenvalue weighted by atomic mass is 9.78. The number of hydrogen-bond donors (Lipinski definition) is 1. The Morgan fingerprint density at radius 1 is 0.889 bits per heavy atom. The van der Waals surface area contributed by atoms with Gasteiger partial charge in [-0.2, -0.15) is 0 Å². The minimum absolute atomic E-state index is 0. The fraction of sp³-hybridized carbons (Fsp3) is 0.379. The largest absolute Gasteiger partial charge is 0.643 e. The van der Waals surface area contributed by atoms with Crippen LogP contribution in [0.25, 0.3) is 0 Å². The lowest BCUT2D eigenvalue weighted by Crippen LogP contribution is -2.31. The number of benzene rings is 3. The molecule has 1 N–H and O–H groups in total. The van der Waals surface area contributed by atoms with Crippen LogP contribution in [0.3, 0.4) is 0 Å². The first-order valence-electron chi connectivity index (χ1n) is 12.1. The number of nitrogens with one attached hydrogen (secondary N) is 1. The van der Waals surface area contributed by atoms with Gasteiger partial charge in [-0.1, -0.05) is 68.4 Å². The molecule has 2 nitrogen and oxygen atoms in total. The molecule has 194 valence electrons. The van der Waals surface area contributed by atoms with Gasteiger partial charge in [-0.25, -0.2) is 30.1 Å². The zero-order chi connectivity index (χ0) is 25.9. The summed E-state index contributed by atoms with van der Waals surface area (Å²) in [5, 5.41) is 3.74. The minimum Gasteiger partial charge on any atom is -0.486 e. The number of anilines is 1. The van der Waals surface area contributed by atoms with Crippen molar-refractivity contribution in [3.8, 4) is 5.75 Å². The number of hydrogen-bond acceptors (Lipinski definition) is 2. The van der Waals surface area contributed by atoms with Crippen molar-refractivity contribution in [1.29, 1.82) is 0 Å².